The quantitative estimate of drug-likeness (QED) is 0.323. The molecule has 4 aromatic rings. The van der Waals surface area contributed by atoms with Gasteiger partial charge in [0.1, 0.15) is 5.58 Å². The molecule has 0 bridgehead atoms. The topological polar surface area (TPSA) is 91.4 Å². The number of carbonyl (C=O) groups is 1. The average Bonchev–Trinajstić information content (AvgIpc) is 3.52. The number of furan rings is 1. The normalized spacial score (nSPS) is 13.3. The van der Waals surface area contributed by atoms with E-state index in [0.717, 1.165) is 11.0 Å². The zero-order valence-corrected chi connectivity index (χ0v) is 18.1. The SMILES string of the molecule is C=CCn1c(S[C@@H](C)C(=O)Nc2ccc3c(c2)OCO3)nnc1-c1cc2ccccc2o1. The Hall–Kier alpha value is -3.72. The molecule has 0 saturated carbocycles. The van der Waals surface area contributed by atoms with Crippen LogP contribution in [0.25, 0.3) is 22.6 Å². The lowest BCUT2D eigenvalue weighted by Crippen LogP contribution is -2.23. The standard InChI is InChI=1S/C23H20N4O4S/c1-3-10-27-21(20-11-15-6-4-5-7-17(15)31-20)25-26-23(27)32-14(2)22(28)24-16-8-9-18-19(12-16)30-13-29-18/h3-9,11-12,14H,1,10,13H2,2H3,(H,24,28)/t14-/m0/s1. The van der Waals surface area contributed by atoms with E-state index < -0.39 is 5.25 Å². The fraction of sp³-hybridized carbons (Fsp3) is 0.174. The highest BCUT2D eigenvalue weighted by molar-refractivity contribution is 8.00. The summed E-state index contributed by atoms with van der Waals surface area (Å²) in [6, 6.07) is 15.0. The summed E-state index contributed by atoms with van der Waals surface area (Å²) in [5.41, 5.74) is 1.42. The highest BCUT2D eigenvalue weighted by atomic mass is 32.2. The number of amides is 1. The molecule has 162 valence electrons. The summed E-state index contributed by atoms with van der Waals surface area (Å²) in [6.45, 7) is 6.33. The van der Waals surface area contributed by atoms with E-state index in [9.17, 15) is 4.79 Å². The predicted molar refractivity (Wildman–Crippen MR) is 122 cm³/mol. The van der Waals surface area contributed by atoms with Gasteiger partial charge in [-0.2, -0.15) is 0 Å². The van der Waals surface area contributed by atoms with Crippen molar-refractivity contribution in [3.8, 4) is 23.1 Å². The van der Waals surface area contributed by atoms with Crippen LogP contribution < -0.4 is 14.8 Å². The predicted octanol–water partition coefficient (Wildman–Crippen LogP) is 4.73. The van der Waals surface area contributed by atoms with Gasteiger partial charge in [-0.05, 0) is 31.2 Å². The van der Waals surface area contributed by atoms with Crippen LogP contribution in [0, 0.1) is 0 Å². The highest BCUT2D eigenvalue weighted by Gasteiger charge is 2.23. The largest absolute Gasteiger partial charge is 0.454 e. The Morgan fingerprint density at radius 1 is 1.22 bits per heavy atom. The lowest BCUT2D eigenvalue weighted by atomic mass is 10.2. The zero-order valence-electron chi connectivity index (χ0n) is 17.3. The summed E-state index contributed by atoms with van der Waals surface area (Å²) in [4.78, 5) is 12.8. The summed E-state index contributed by atoms with van der Waals surface area (Å²) in [5, 5.41) is 12.7. The van der Waals surface area contributed by atoms with Gasteiger partial charge in [0.05, 0.1) is 5.25 Å². The second-order valence-corrected chi connectivity index (χ2v) is 8.48. The van der Waals surface area contributed by atoms with E-state index >= 15 is 0 Å². The number of rotatable bonds is 7. The molecule has 2 aromatic heterocycles. The first-order chi connectivity index (χ1) is 15.6. The van der Waals surface area contributed by atoms with Crippen LogP contribution in [0.5, 0.6) is 11.5 Å². The van der Waals surface area contributed by atoms with Gasteiger partial charge in [0.25, 0.3) is 0 Å². The van der Waals surface area contributed by atoms with Crippen molar-refractivity contribution in [2.45, 2.75) is 23.9 Å². The van der Waals surface area contributed by atoms with Gasteiger partial charge < -0.3 is 19.2 Å². The van der Waals surface area contributed by atoms with Gasteiger partial charge in [-0.3, -0.25) is 9.36 Å². The van der Waals surface area contributed by atoms with Crippen LogP contribution in [0.2, 0.25) is 0 Å². The highest BCUT2D eigenvalue weighted by Crippen LogP contribution is 2.35. The van der Waals surface area contributed by atoms with Crippen LogP contribution in [0.4, 0.5) is 5.69 Å². The molecular formula is C23H20N4O4S. The Balaban J connectivity index is 1.35. The average molecular weight is 449 g/mol. The zero-order chi connectivity index (χ0) is 22.1. The fourth-order valence-electron chi connectivity index (χ4n) is 3.37. The first-order valence-electron chi connectivity index (χ1n) is 10.0. The second-order valence-electron chi connectivity index (χ2n) is 7.17. The first-order valence-corrected chi connectivity index (χ1v) is 10.9. The van der Waals surface area contributed by atoms with Crippen molar-refractivity contribution in [2.75, 3.05) is 12.1 Å². The van der Waals surface area contributed by atoms with E-state index in [1.54, 1.807) is 24.3 Å². The summed E-state index contributed by atoms with van der Waals surface area (Å²) in [5.74, 6) is 2.33. The lowest BCUT2D eigenvalue weighted by Gasteiger charge is -2.13. The Morgan fingerprint density at radius 3 is 2.91 bits per heavy atom. The van der Waals surface area contributed by atoms with Crippen molar-refractivity contribution in [3.05, 3.63) is 61.2 Å². The van der Waals surface area contributed by atoms with Crippen molar-refractivity contribution >= 4 is 34.3 Å². The number of fused-ring (bicyclic) bond motifs is 2. The summed E-state index contributed by atoms with van der Waals surface area (Å²) in [7, 11) is 0. The number of ether oxygens (including phenoxy) is 2. The summed E-state index contributed by atoms with van der Waals surface area (Å²) >= 11 is 1.32. The molecule has 0 unspecified atom stereocenters. The lowest BCUT2D eigenvalue weighted by molar-refractivity contribution is -0.115. The number of nitrogens with zero attached hydrogens (tertiary/aromatic N) is 3. The molecule has 0 saturated heterocycles. The van der Waals surface area contributed by atoms with Gasteiger partial charge in [-0.15, -0.1) is 16.8 Å². The maximum atomic E-state index is 12.8. The number of anilines is 1. The maximum absolute atomic E-state index is 12.8. The monoisotopic (exact) mass is 448 g/mol. The van der Waals surface area contributed by atoms with E-state index in [0.29, 0.717) is 40.5 Å². The van der Waals surface area contributed by atoms with Gasteiger partial charge in [-0.25, -0.2) is 0 Å². The maximum Gasteiger partial charge on any atom is 0.237 e. The van der Waals surface area contributed by atoms with Crippen LogP contribution in [0.15, 0.2) is 70.8 Å². The molecule has 5 rings (SSSR count). The number of carbonyl (C=O) groups excluding carboxylic acids is 1. The number of thioether (sulfide) groups is 1. The smallest absolute Gasteiger partial charge is 0.237 e. The molecule has 3 heterocycles. The van der Waals surface area contributed by atoms with Crippen molar-refractivity contribution in [2.24, 2.45) is 0 Å². The fourth-order valence-corrected chi connectivity index (χ4v) is 4.23. The van der Waals surface area contributed by atoms with Crippen molar-refractivity contribution in [1.29, 1.82) is 0 Å². The first kappa shape index (κ1) is 20.2. The second kappa shape index (κ2) is 8.43. The van der Waals surface area contributed by atoms with Crippen LogP contribution in [-0.4, -0.2) is 32.7 Å². The third kappa shape index (κ3) is 3.82. The van der Waals surface area contributed by atoms with Gasteiger partial charge in [0, 0.05) is 23.7 Å². The molecule has 0 spiro atoms. The minimum atomic E-state index is -0.420. The number of benzene rings is 2. The molecule has 0 radical (unpaired) electrons. The Bertz CT molecular complexity index is 1280. The van der Waals surface area contributed by atoms with Crippen LogP contribution in [-0.2, 0) is 11.3 Å². The Labute approximate surface area is 188 Å². The third-order valence-electron chi connectivity index (χ3n) is 4.97. The molecule has 0 fully saturated rings. The van der Waals surface area contributed by atoms with Crippen molar-refractivity contribution < 1.29 is 18.7 Å². The van der Waals surface area contributed by atoms with E-state index in [1.165, 1.54) is 11.8 Å². The van der Waals surface area contributed by atoms with Crippen LogP contribution in [0.3, 0.4) is 0 Å². The van der Waals surface area contributed by atoms with Crippen LogP contribution >= 0.6 is 11.8 Å². The van der Waals surface area contributed by atoms with E-state index in [4.69, 9.17) is 13.9 Å². The van der Waals surface area contributed by atoms with Gasteiger partial charge in [0.2, 0.25) is 18.5 Å². The molecule has 8 nitrogen and oxygen atoms in total. The minimum absolute atomic E-state index is 0.160. The molecule has 0 aliphatic carbocycles. The molecular weight excluding hydrogens is 428 g/mol. The van der Waals surface area contributed by atoms with Gasteiger partial charge >= 0.3 is 0 Å². The van der Waals surface area contributed by atoms with E-state index in [2.05, 4.69) is 22.1 Å². The van der Waals surface area contributed by atoms with E-state index in [-0.39, 0.29) is 12.7 Å². The van der Waals surface area contributed by atoms with Gasteiger partial charge in [0.15, 0.2) is 22.4 Å². The van der Waals surface area contributed by atoms with E-state index in [1.807, 2.05) is 41.8 Å². The number of hydrogen-bond donors (Lipinski definition) is 1. The molecule has 1 amide bonds. The van der Waals surface area contributed by atoms with Crippen molar-refractivity contribution in [1.82, 2.24) is 14.8 Å². The van der Waals surface area contributed by atoms with Gasteiger partial charge in [-0.1, -0.05) is 36.0 Å². The summed E-state index contributed by atoms with van der Waals surface area (Å²) in [6.07, 6.45) is 1.76. The number of nitrogens with one attached hydrogen (secondary N) is 1. The molecule has 1 aliphatic heterocycles. The number of aromatic nitrogens is 3. The van der Waals surface area contributed by atoms with Crippen LogP contribution in [0.1, 0.15) is 6.92 Å². The molecule has 2 aromatic carbocycles. The molecule has 1 aliphatic rings. The number of hydrogen-bond acceptors (Lipinski definition) is 7. The Morgan fingerprint density at radius 2 is 2.06 bits per heavy atom. The molecule has 1 atom stereocenters. The Kier molecular flexibility index (Phi) is 5.32. The molecule has 9 heteroatoms. The van der Waals surface area contributed by atoms with Crippen molar-refractivity contribution in [3.63, 3.8) is 0 Å². The third-order valence-corrected chi connectivity index (χ3v) is 6.05. The number of allylic oxidation sites excluding steroid dienone is 1. The number of para-hydroxylation sites is 1. The minimum Gasteiger partial charge on any atom is -0.454 e. The summed E-state index contributed by atoms with van der Waals surface area (Å²) < 4.78 is 18.5. The molecule has 32 heavy (non-hydrogen) atoms. The molecule has 1 N–H and O–H groups in total.